The smallest absolute Gasteiger partial charge is 0.212 e. The topological polar surface area (TPSA) is 58.2 Å². The van der Waals surface area contributed by atoms with Gasteiger partial charge >= 0.3 is 0 Å². The number of piperidine rings is 1. The molecule has 0 amide bonds. The van der Waals surface area contributed by atoms with Gasteiger partial charge in [-0.1, -0.05) is 11.6 Å². The van der Waals surface area contributed by atoms with Crippen LogP contribution in [0.4, 0.5) is 0 Å². The Labute approximate surface area is 123 Å². The lowest BCUT2D eigenvalue weighted by molar-refractivity contribution is 0.399. The first-order chi connectivity index (χ1) is 8.96. The van der Waals surface area contributed by atoms with Crippen molar-refractivity contribution in [1.82, 2.24) is 10.0 Å². The lowest BCUT2D eigenvalue weighted by atomic mass is 10.0. The molecule has 1 atom stereocenters. The molecule has 0 saturated carbocycles. The van der Waals surface area contributed by atoms with Crippen LogP contribution in [0.15, 0.2) is 12.1 Å². The van der Waals surface area contributed by atoms with E-state index in [2.05, 4.69) is 10.0 Å². The van der Waals surface area contributed by atoms with Crippen molar-refractivity contribution in [1.29, 1.82) is 0 Å². The Morgan fingerprint density at radius 1 is 1.47 bits per heavy atom. The standard InChI is InChI=1S/C12H19ClN2O2S2/c1-9(11-2-3-12(13)18-11)15-19(16,17)8-10-4-6-14-7-5-10/h2-3,9-10,14-15H,4-8H2,1H3. The second-order valence-electron chi connectivity index (χ2n) is 4.96. The third-order valence-electron chi connectivity index (χ3n) is 3.29. The van der Waals surface area contributed by atoms with Gasteiger partial charge in [0.25, 0.3) is 0 Å². The van der Waals surface area contributed by atoms with E-state index in [1.165, 1.54) is 11.3 Å². The maximum atomic E-state index is 12.1. The highest BCUT2D eigenvalue weighted by atomic mass is 35.5. The Morgan fingerprint density at radius 2 is 2.16 bits per heavy atom. The van der Waals surface area contributed by atoms with E-state index >= 15 is 0 Å². The number of hydrogen-bond donors (Lipinski definition) is 2. The molecule has 2 heterocycles. The normalized spacial score (nSPS) is 19.5. The van der Waals surface area contributed by atoms with E-state index in [1.54, 1.807) is 6.07 Å². The lowest BCUT2D eigenvalue weighted by Gasteiger charge is -2.23. The molecular weight excluding hydrogens is 304 g/mol. The second-order valence-corrected chi connectivity index (χ2v) is 8.50. The Kier molecular flexibility index (Phi) is 5.25. The van der Waals surface area contributed by atoms with Gasteiger partial charge in [-0.05, 0) is 50.9 Å². The minimum absolute atomic E-state index is 0.218. The highest BCUT2D eigenvalue weighted by molar-refractivity contribution is 7.89. The highest BCUT2D eigenvalue weighted by Gasteiger charge is 2.23. The van der Waals surface area contributed by atoms with Crippen LogP contribution in [0.5, 0.6) is 0 Å². The Hall–Kier alpha value is -0.140. The molecule has 1 unspecified atom stereocenters. The van der Waals surface area contributed by atoms with Crippen molar-refractivity contribution in [3.8, 4) is 0 Å². The van der Waals surface area contributed by atoms with Gasteiger partial charge in [0.1, 0.15) is 0 Å². The average molecular weight is 323 g/mol. The van der Waals surface area contributed by atoms with Crippen molar-refractivity contribution in [2.75, 3.05) is 18.8 Å². The summed E-state index contributed by atoms with van der Waals surface area (Å²) in [6.45, 7) is 3.68. The van der Waals surface area contributed by atoms with E-state index < -0.39 is 10.0 Å². The van der Waals surface area contributed by atoms with Gasteiger partial charge in [-0.15, -0.1) is 11.3 Å². The van der Waals surface area contributed by atoms with Crippen LogP contribution < -0.4 is 10.0 Å². The van der Waals surface area contributed by atoms with Gasteiger partial charge in [0.2, 0.25) is 10.0 Å². The van der Waals surface area contributed by atoms with Crippen molar-refractivity contribution in [2.24, 2.45) is 5.92 Å². The number of hydrogen-bond acceptors (Lipinski definition) is 4. The molecule has 7 heteroatoms. The molecule has 0 aromatic carbocycles. The summed E-state index contributed by atoms with van der Waals surface area (Å²) in [6.07, 6.45) is 1.86. The van der Waals surface area contributed by atoms with Crippen LogP contribution in [0.2, 0.25) is 4.34 Å². The zero-order valence-electron chi connectivity index (χ0n) is 10.9. The summed E-state index contributed by atoms with van der Waals surface area (Å²) in [5.74, 6) is 0.482. The molecule has 0 radical (unpaired) electrons. The molecule has 4 nitrogen and oxygen atoms in total. The van der Waals surface area contributed by atoms with Crippen LogP contribution >= 0.6 is 22.9 Å². The van der Waals surface area contributed by atoms with Gasteiger partial charge in [0.05, 0.1) is 16.1 Å². The number of thiophene rings is 1. The molecule has 0 bridgehead atoms. The Morgan fingerprint density at radius 3 is 2.74 bits per heavy atom. The van der Waals surface area contributed by atoms with Crippen LogP contribution in [0.25, 0.3) is 0 Å². The molecule has 0 spiro atoms. The van der Waals surface area contributed by atoms with Crippen LogP contribution in [0.1, 0.15) is 30.7 Å². The fourth-order valence-corrected chi connectivity index (χ4v) is 5.15. The van der Waals surface area contributed by atoms with Crippen molar-refractivity contribution >= 4 is 33.0 Å². The van der Waals surface area contributed by atoms with Gasteiger partial charge in [-0.3, -0.25) is 0 Å². The molecule has 2 rings (SSSR count). The molecule has 1 aliphatic rings. The van der Waals surface area contributed by atoms with Crippen LogP contribution in [-0.2, 0) is 10.0 Å². The quantitative estimate of drug-likeness (QED) is 0.875. The van der Waals surface area contributed by atoms with Crippen molar-refractivity contribution in [3.05, 3.63) is 21.3 Å². The van der Waals surface area contributed by atoms with Crippen molar-refractivity contribution in [3.63, 3.8) is 0 Å². The highest BCUT2D eigenvalue weighted by Crippen LogP contribution is 2.27. The number of sulfonamides is 1. The van der Waals surface area contributed by atoms with Crippen molar-refractivity contribution < 1.29 is 8.42 Å². The van der Waals surface area contributed by atoms with Crippen LogP contribution in [0, 0.1) is 5.92 Å². The fourth-order valence-electron chi connectivity index (χ4n) is 2.30. The number of nitrogens with one attached hydrogen (secondary N) is 2. The van der Waals surface area contributed by atoms with E-state index in [-0.39, 0.29) is 17.7 Å². The predicted octanol–water partition coefficient (Wildman–Crippen LogP) is 2.38. The first kappa shape index (κ1) is 15.3. The van der Waals surface area contributed by atoms with Gasteiger partial charge in [-0.2, -0.15) is 0 Å². The van der Waals surface area contributed by atoms with Gasteiger partial charge in [0.15, 0.2) is 0 Å². The third kappa shape index (κ3) is 4.72. The fraction of sp³-hybridized carbons (Fsp3) is 0.667. The zero-order chi connectivity index (χ0) is 13.9. The summed E-state index contributed by atoms with van der Waals surface area (Å²) >= 11 is 7.28. The predicted molar refractivity (Wildman–Crippen MR) is 80.3 cm³/mol. The van der Waals surface area contributed by atoms with Gasteiger partial charge in [0, 0.05) is 4.88 Å². The van der Waals surface area contributed by atoms with Crippen molar-refractivity contribution in [2.45, 2.75) is 25.8 Å². The Bertz CT molecular complexity index is 510. The molecule has 0 aliphatic carbocycles. The molecule has 108 valence electrons. The monoisotopic (exact) mass is 322 g/mol. The molecule has 1 aromatic rings. The molecule has 1 saturated heterocycles. The summed E-state index contributed by atoms with van der Waals surface area (Å²) in [6, 6.07) is 3.44. The maximum absolute atomic E-state index is 12.1. The molecule has 1 aliphatic heterocycles. The number of rotatable bonds is 5. The summed E-state index contributed by atoms with van der Waals surface area (Å²) < 4.78 is 27.7. The van der Waals surface area contributed by atoms with E-state index in [1.807, 2.05) is 13.0 Å². The van der Waals surface area contributed by atoms with Gasteiger partial charge < -0.3 is 5.32 Å². The van der Waals surface area contributed by atoms with Gasteiger partial charge in [-0.25, -0.2) is 13.1 Å². The maximum Gasteiger partial charge on any atom is 0.212 e. The first-order valence-corrected chi connectivity index (χ1v) is 9.27. The van der Waals surface area contributed by atoms with E-state index in [0.717, 1.165) is 30.8 Å². The lowest BCUT2D eigenvalue weighted by Crippen LogP contribution is -2.36. The summed E-state index contributed by atoms with van der Waals surface area (Å²) in [5, 5.41) is 3.24. The summed E-state index contributed by atoms with van der Waals surface area (Å²) in [5.41, 5.74) is 0. The summed E-state index contributed by atoms with van der Waals surface area (Å²) in [7, 11) is -3.23. The Balaban J connectivity index is 1.92. The van der Waals surface area contributed by atoms with Crippen LogP contribution in [-0.4, -0.2) is 27.3 Å². The molecule has 1 aromatic heterocycles. The summed E-state index contributed by atoms with van der Waals surface area (Å²) in [4.78, 5) is 0.943. The van der Waals surface area contributed by atoms with E-state index in [0.29, 0.717) is 4.34 Å². The average Bonchev–Trinajstić information content (AvgIpc) is 2.76. The molecular formula is C12H19ClN2O2S2. The third-order valence-corrected chi connectivity index (χ3v) is 6.33. The van der Waals surface area contributed by atoms with E-state index in [9.17, 15) is 8.42 Å². The van der Waals surface area contributed by atoms with Crippen LogP contribution in [0.3, 0.4) is 0 Å². The SMILES string of the molecule is CC(NS(=O)(=O)CC1CCNCC1)c1ccc(Cl)s1. The minimum Gasteiger partial charge on any atom is -0.317 e. The molecule has 2 N–H and O–H groups in total. The molecule has 19 heavy (non-hydrogen) atoms. The first-order valence-electron chi connectivity index (χ1n) is 6.42. The minimum atomic E-state index is -3.23. The largest absolute Gasteiger partial charge is 0.317 e. The zero-order valence-corrected chi connectivity index (χ0v) is 13.2. The number of halogens is 1. The second kappa shape index (κ2) is 6.54. The molecule has 1 fully saturated rings. The van der Waals surface area contributed by atoms with E-state index in [4.69, 9.17) is 11.6 Å².